The van der Waals surface area contributed by atoms with Crippen molar-refractivity contribution in [2.45, 2.75) is 6.92 Å². The average molecular weight is 287 g/mol. The summed E-state index contributed by atoms with van der Waals surface area (Å²) < 4.78 is 0. The molecule has 0 aromatic heterocycles. The van der Waals surface area contributed by atoms with Crippen molar-refractivity contribution in [1.29, 1.82) is 0 Å². The molecule has 0 atom stereocenters. The Morgan fingerprint density at radius 2 is 1.52 bits per heavy atom. The van der Waals surface area contributed by atoms with E-state index in [0.717, 1.165) is 0 Å². The van der Waals surface area contributed by atoms with Gasteiger partial charge in [0, 0.05) is 31.4 Å². The lowest BCUT2D eigenvalue weighted by Crippen LogP contribution is -2.33. The molecule has 0 aliphatic carbocycles. The van der Waals surface area contributed by atoms with E-state index in [2.05, 4.69) is 23.8 Å². The van der Waals surface area contributed by atoms with Crippen LogP contribution < -0.4 is 10.6 Å². The Morgan fingerprint density at radius 1 is 1.05 bits per heavy atom. The second-order valence-electron chi connectivity index (χ2n) is 4.58. The Labute approximate surface area is 125 Å². The zero-order valence-electron chi connectivity index (χ0n) is 12.3. The highest BCUT2D eigenvalue weighted by atomic mass is 16.2. The van der Waals surface area contributed by atoms with Gasteiger partial charge in [-0.1, -0.05) is 12.2 Å². The Hall–Kier alpha value is -2.40. The van der Waals surface area contributed by atoms with Gasteiger partial charge in [0.15, 0.2) is 0 Å². The number of nitrogens with one attached hydrogen (secondary N) is 2. The van der Waals surface area contributed by atoms with E-state index in [1.807, 2.05) is 4.90 Å². The molecule has 0 aliphatic rings. The van der Waals surface area contributed by atoms with Crippen LogP contribution in [0.4, 0.5) is 11.4 Å². The number of carbonyl (C=O) groups is 2. The molecular weight excluding hydrogens is 266 g/mol. The van der Waals surface area contributed by atoms with Crippen LogP contribution in [0, 0.1) is 0 Å². The smallest absolute Gasteiger partial charge is 0.238 e. The van der Waals surface area contributed by atoms with E-state index in [1.54, 1.807) is 36.4 Å². The van der Waals surface area contributed by atoms with E-state index in [1.165, 1.54) is 6.92 Å². The second kappa shape index (κ2) is 8.71. The summed E-state index contributed by atoms with van der Waals surface area (Å²) in [5.74, 6) is -0.234. The van der Waals surface area contributed by atoms with Crippen LogP contribution in [-0.4, -0.2) is 36.3 Å². The van der Waals surface area contributed by atoms with Gasteiger partial charge in [-0.05, 0) is 24.3 Å². The standard InChI is InChI=1S/C16H21N3O2/c1-4-10-19(11-5-2)12-16(21)18-15-8-6-14(7-9-15)17-13(3)20/h4-9H,1-2,10-12H2,3H3,(H,17,20)(H,18,21). The van der Waals surface area contributed by atoms with E-state index in [9.17, 15) is 9.59 Å². The van der Waals surface area contributed by atoms with Crippen molar-refractivity contribution in [3.63, 3.8) is 0 Å². The third-order valence-electron chi connectivity index (χ3n) is 2.63. The van der Waals surface area contributed by atoms with Crippen LogP contribution in [0.3, 0.4) is 0 Å². The van der Waals surface area contributed by atoms with E-state index in [-0.39, 0.29) is 18.4 Å². The molecule has 1 aromatic rings. The van der Waals surface area contributed by atoms with Gasteiger partial charge < -0.3 is 10.6 Å². The molecule has 1 aromatic carbocycles. The Balaban J connectivity index is 2.55. The fourth-order valence-corrected chi connectivity index (χ4v) is 1.81. The number of amides is 2. The molecule has 2 amide bonds. The molecule has 0 saturated carbocycles. The highest BCUT2D eigenvalue weighted by Gasteiger charge is 2.08. The summed E-state index contributed by atoms with van der Waals surface area (Å²) in [4.78, 5) is 24.8. The molecule has 0 bridgehead atoms. The fourth-order valence-electron chi connectivity index (χ4n) is 1.81. The van der Waals surface area contributed by atoms with E-state index in [4.69, 9.17) is 0 Å². The van der Waals surface area contributed by atoms with Crippen molar-refractivity contribution in [2.24, 2.45) is 0 Å². The molecule has 0 spiro atoms. The maximum absolute atomic E-state index is 11.9. The first-order valence-electron chi connectivity index (χ1n) is 6.66. The summed E-state index contributed by atoms with van der Waals surface area (Å²) in [6.45, 7) is 10.3. The van der Waals surface area contributed by atoms with Gasteiger partial charge in [0.25, 0.3) is 0 Å². The molecule has 5 heteroatoms. The van der Waals surface area contributed by atoms with Crippen LogP contribution in [0.2, 0.25) is 0 Å². The molecule has 5 nitrogen and oxygen atoms in total. The number of rotatable bonds is 8. The van der Waals surface area contributed by atoms with Gasteiger partial charge in [-0.25, -0.2) is 0 Å². The first kappa shape index (κ1) is 16.7. The third kappa shape index (κ3) is 6.54. The molecule has 0 fully saturated rings. The lowest BCUT2D eigenvalue weighted by Gasteiger charge is -2.18. The summed E-state index contributed by atoms with van der Waals surface area (Å²) in [7, 11) is 0. The van der Waals surface area contributed by atoms with Gasteiger partial charge in [0.05, 0.1) is 6.54 Å². The number of hydrogen-bond acceptors (Lipinski definition) is 3. The third-order valence-corrected chi connectivity index (χ3v) is 2.63. The number of carbonyl (C=O) groups excluding carboxylic acids is 2. The van der Waals surface area contributed by atoms with Crippen LogP contribution >= 0.6 is 0 Å². The van der Waals surface area contributed by atoms with Gasteiger partial charge in [0.1, 0.15) is 0 Å². The van der Waals surface area contributed by atoms with E-state index >= 15 is 0 Å². The van der Waals surface area contributed by atoms with Gasteiger partial charge in [-0.3, -0.25) is 14.5 Å². The van der Waals surface area contributed by atoms with Crippen molar-refractivity contribution >= 4 is 23.2 Å². The quantitative estimate of drug-likeness (QED) is 0.721. The van der Waals surface area contributed by atoms with Crippen LogP contribution in [0.1, 0.15) is 6.92 Å². The zero-order chi connectivity index (χ0) is 15.7. The summed E-state index contributed by atoms with van der Waals surface area (Å²) >= 11 is 0. The van der Waals surface area contributed by atoms with Crippen LogP contribution in [0.15, 0.2) is 49.6 Å². The summed E-state index contributed by atoms with van der Waals surface area (Å²) in [6, 6.07) is 6.97. The van der Waals surface area contributed by atoms with Crippen LogP contribution in [-0.2, 0) is 9.59 Å². The fraction of sp³-hybridized carbons (Fsp3) is 0.250. The maximum Gasteiger partial charge on any atom is 0.238 e. The van der Waals surface area contributed by atoms with Gasteiger partial charge in [-0.2, -0.15) is 0 Å². The molecule has 0 unspecified atom stereocenters. The van der Waals surface area contributed by atoms with Crippen molar-refractivity contribution in [2.75, 3.05) is 30.3 Å². The summed E-state index contributed by atoms with van der Waals surface area (Å²) in [5, 5.41) is 5.48. The summed E-state index contributed by atoms with van der Waals surface area (Å²) in [5.41, 5.74) is 1.38. The summed E-state index contributed by atoms with van der Waals surface area (Å²) in [6.07, 6.45) is 3.50. The SMILES string of the molecule is C=CCN(CC=C)CC(=O)Nc1ccc(NC(C)=O)cc1. The first-order valence-corrected chi connectivity index (χ1v) is 6.66. The molecule has 0 radical (unpaired) electrons. The predicted octanol–water partition coefficient (Wildman–Crippen LogP) is 2.26. The van der Waals surface area contributed by atoms with Gasteiger partial charge in [-0.15, -0.1) is 13.2 Å². The van der Waals surface area contributed by atoms with E-state index < -0.39 is 0 Å². The lowest BCUT2D eigenvalue weighted by atomic mass is 10.2. The number of nitrogens with zero attached hydrogens (tertiary/aromatic N) is 1. The minimum atomic E-state index is -0.128. The van der Waals surface area contributed by atoms with Crippen LogP contribution in [0.25, 0.3) is 0 Å². The number of benzene rings is 1. The highest BCUT2D eigenvalue weighted by Crippen LogP contribution is 2.13. The van der Waals surface area contributed by atoms with Crippen molar-refractivity contribution in [3.8, 4) is 0 Å². The van der Waals surface area contributed by atoms with Crippen LogP contribution in [0.5, 0.6) is 0 Å². The minimum Gasteiger partial charge on any atom is -0.326 e. The lowest BCUT2D eigenvalue weighted by molar-refractivity contribution is -0.117. The molecule has 0 saturated heterocycles. The zero-order valence-corrected chi connectivity index (χ0v) is 12.3. The Morgan fingerprint density at radius 3 is 1.95 bits per heavy atom. The second-order valence-corrected chi connectivity index (χ2v) is 4.58. The Kier molecular flexibility index (Phi) is 6.91. The molecular formula is C16H21N3O2. The average Bonchev–Trinajstić information content (AvgIpc) is 2.41. The van der Waals surface area contributed by atoms with Crippen molar-refractivity contribution in [1.82, 2.24) is 4.90 Å². The minimum absolute atomic E-state index is 0.106. The maximum atomic E-state index is 11.9. The molecule has 21 heavy (non-hydrogen) atoms. The largest absolute Gasteiger partial charge is 0.326 e. The molecule has 0 aliphatic heterocycles. The van der Waals surface area contributed by atoms with Crippen molar-refractivity contribution in [3.05, 3.63) is 49.6 Å². The van der Waals surface area contributed by atoms with E-state index in [0.29, 0.717) is 24.5 Å². The first-order chi connectivity index (χ1) is 10.0. The number of anilines is 2. The normalized spacial score (nSPS) is 10.0. The van der Waals surface area contributed by atoms with Gasteiger partial charge in [0.2, 0.25) is 11.8 Å². The predicted molar refractivity (Wildman–Crippen MR) is 86.2 cm³/mol. The number of hydrogen-bond donors (Lipinski definition) is 2. The molecule has 0 heterocycles. The molecule has 1 rings (SSSR count). The van der Waals surface area contributed by atoms with Gasteiger partial charge >= 0.3 is 0 Å². The monoisotopic (exact) mass is 287 g/mol. The Bertz CT molecular complexity index is 499. The molecule has 112 valence electrons. The molecule has 2 N–H and O–H groups in total. The topological polar surface area (TPSA) is 61.4 Å². The highest BCUT2D eigenvalue weighted by molar-refractivity contribution is 5.93. The van der Waals surface area contributed by atoms with Crippen molar-refractivity contribution < 1.29 is 9.59 Å².